The van der Waals surface area contributed by atoms with Crippen molar-refractivity contribution in [1.82, 2.24) is 9.97 Å². The summed E-state index contributed by atoms with van der Waals surface area (Å²) in [5, 5.41) is 5.82. The Hall–Kier alpha value is -3.91. The van der Waals surface area contributed by atoms with Gasteiger partial charge in [-0.15, -0.1) is 0 Å². The van der Waals surface area contributed by atoms with Crippen LogP contribution in [0.25, 0.3) is 11.1 Å². The number of sulfone groups is 1. The van der Waals surface area contributed by atoms with Gasteiger partial charge in [-0.05, 0) is 80.5 Å². The smallest absolute Gasteiger partial charge is 0.229 e. The van der Waals surface area contributed by atoms with Crippen molar-refractivity contribution in [3.8, 4) is 16.9 Å². The molecular formula is C33H38N4O3S. The molecule has 0 saturated heterocycles. The number of anilines is 4. The second-order valence-electron chi connectivity index (χ2n) is 10.8. The van der Waals surface area contributed by atoms with Gasteiger partial charge in [-0.2, -0.15) is 4.98 Å². The lowest BCUT2D eigenvalue weighted by Gasteiger charge is -2.25. The highest BCUT2D eigenvalue weighted by atomic mass is 32.2. The molecule has 214 valence electrons. The van der Waals surface area contributed by atoms with E-state index in [9.17, 15) is 8.42 Å². The van der Waals surface area contributed by atoms with Crippen molar-refractivity contribution in [1.29, 1.82) is 0 Å². The molecule has 1 aliphatic carbocycles. The highest BCUT2D eigenvalue weighted by Crippen LogP contribution is 2.40. The fourth-order valence-electron chi connectivity index (χ4n) is 5.43. The number of rotatable bonds is 9. The molecule has 1 saturated carbocycles. The molecule has 0 amide bonds. The summed E-state index contributed by atoms with van der Waals surface area (Å²) in [6.07, 6.45) is 7.30. The average Bonchev–Trinajstić information content (AvgIpc) is 2.99. The monoisotopic (exact) mass is 573 g/mol. The van der Waals surface area contributed by atoms with Crippen molar-refractivity contribution in [3.63, 3.8) is 0 Å². The summed E-state index contributed by atoms with van der Waals surface area (Å²) in [5.74, 6) is 1.14. The average molecular weight is 574 g/mol. The predicted molar refractivity (Wildman–Crippen MR) is 166 cm³/mol. The number of para-hydroxylation sites is 1. The Morgan fingerprint density at radius 3 is 2.41 bits per heavy atom. The van der Waals surface area contributed by atoms with E-state index in [2.05, 4.69) is 15.6 Å². The number of benzene rings is 3. The highest BCUT2D eigenvalue weighted by Gasteiger charge is 2.24. The van der Waals surface area contributed by atoms with Crippen LogP contribution in [0.3, 0.4) is 0 Å². The zero-order valence-electron chi connectivity index (χ0n) is 26.6. The first-order chi connectivity index (χ1) is 20.9. The normalized spacial score (nSPS) is 15.6. The quantitative estimate of drug-likeness (QED) is 0.209. The van der Waals surface area contributed by atoms with E-state index in [1.807, 2.05) is 49.4 Å². The van der Waals surface area contributed by atoms with Crippen molar-refractivity contribution in [2.75, 3.05) is 17.7 Å². The first-order valence-electron chi connectivity index (χ1n) is 15.6. The number of nitrogens with zero attached hydrogens (tertiary/aromatic N) is 2. The molecule has 7 nitrogen and oxygen atoms in total. The van der Waals surface area contributed by atoms with Gasteiger partial charge in [0.05, 0.1) is 32.7 Å². The molecule has 0 aliphatic heterocycles. The Balaban J connectivity index is 1.57. The van der Waals surface area contributed by atoms with Crippen molar-refractivity contribution < 1.29 is 17.3 Å². The van der Waals surface area contributed by atoms with E-state index >= 15 is 0 Å². The lowest BCUT2D eigenvalue weighted by molar-refractivity contribution is 0.411. The zero-order valence-corrected chi connectivity index (χ0v) is 24.5. The van der Waals surface area contributed by atoms with Gasteiger partial charge in [0, 0.05) is 11.8 Å². The lowest BCUT2D eigenvalue weighted by atomic mass is 9.82. The second-order valence-corrected chi connectivity index (χ2v) is 13.3. The third-order valence-electron chi connectivity index (χ3n) is 7.71. The summed E-state index contributed by atoms with van der Waals surface area (Å²) in [5.41, 5.74) is 4.45. The maximum atomic E-state index is 13.2. The van der Waals surface area contributed by atoms with Crippen LogP contribution >= 0.6 is 0 Å². The Morgan fingerprint density at radius 1 is 0.951 bits per heavy atom. The summed E-state index contributed by atoms with van der Waals surface area (Å²) in [6.45, 7) is 5.32. The van der Waals surface area contributed by atoms with E-state index in [-0.39, 0.29) is 16.6 Å². The van der Waals surface area contributed by atoms with Crippen LogP contribution in [0.2, 0.25) is 0 Å². The van der Waals surface area contributed by atoms with E-state index < -0.39 is 22.1 Å². The summed E-state index contributed by atoms with van der Waals surface area (Å²) in [7, 11) is -6.24. The molecule has 4 aromatic rings. The number of aryl methyl sites for hydroxylation is 1. The molecule has 1 aromatic heterocycles. The largest absolute Gasteiger partial charge is 0.495 e. The molecule has 0 atom stereocenters. The molecule has 0 radical (unpaired) electrons. The van der Waals surface area contributed by atoms with Crippen LogP contribution in [0.1, 0.15) is 67.1 Å². The SMILES string of the molecule is [2H]C([2H])([2H])Oc1cc(C2CCCCC2)c(C)cc1Nc1ncc(-c2ccccc2)c(Nc2ccccc2S(=O)(=O)C(C)C)n1. The molecule has 41 heavy (non-hydrogen) atoms. The van der Waals surface area contributed by atoms with Crippen molar-refractivity contribution in [2.24, 2.45) is 0 Å². The predicted octanol–water partition coefficient (Wildman–Crippen LogP) is 8.18. The van der Waals surface area contributed by atoms with E-state index in [0.29, 0.717) is 28.7 Å². The minimum absolute atomic E-state index is 0.171. The van der Waals surface area contributed by atoms with Crippen LogP contribution in [0.15, 0.2) is 77.8 Å². The fourth-order valence-corrected chi connectivity index (χ4v) is 6.63. The number of hydrogen-bond donors (Lipinski definition) is 2. The Kier molecular flexibility index (Phi) is 7.46. The molecule has 5 rings (SSSR count). The summed E-state index contributed by atoms with van der Waals surface area (Å²) < 4.78 is 55.2. The van der Waals surface area contributed by atoms with Gasteiger partial charge in [0.15, 0.2) is 9.84 Å². The van der Waals surface area contributed by atoms with Crippen LogP contribution in [0.5, 0.6) is 5.75 Å². The van der Waals surface area contributed by atoms with Crippen molar-refractivity contribution in [2.45, 2.75) is 68.9 Å². The first kappa shape index (κ1) is 24.9. The second kappa shape index (κ2) is 12.3. The Bertz CT molecular complexity index is 1720. The van der Waals surface area contributed by atoms with Crippen LogP contribution in [0.4, 0.5) is 23.1 Å². The molecule has 8 heteroatoms. The van der Waals surface area contributed by atoms with Crippen molar-refractivity contribution in [3.05, 3.63) is 84.1 Å². The van der Waals surface area contributed by atoms with Gasteiger partial charge in [-0.3, -0.25) is 0 Å². The highest BCUT2D eigenvalue weighted by molar-refractivity contribution is 7.92. The molecule has 0 spiro atoms. The summed E-state index contributed by atoms with van der Waals surface area (Å²) in [6, 6.07) is 20.0. The maximum Gasteiger partial charge on any atom is 0.229 e. The summed E-state index contributed by atoms with van der Waals surface area (Å²) in [4.78, 5) is 9.49. The molecule has 3 aromatic carbocycles. The van der Waals surface area contributed by atoms with Gasteiger partial charge in [0.25, 0.3) is 0 Å². The third-order valence-corrected chi connectivity index (χ3v) is 9.92. The minimum Gasteiger partial charge on any atom is -0.495 e. The number of methoxy groups -OCH3 is 1. The molecular weight excluding hydrogens is 532 g/mol. The Labute approximate surface area is 247 Å². The lowest BCUT2D eigenvalue weighted by Crippen LogP contribution is -2.16. The van der Waals surface area contributed by atoms with Crippen LogP contribution in [0, 0.1) is 6.92 Å². The first-order valence-corrected chi connectivity index (χ1v) is 15.6. The van der Waals surface area contributed by atoms with Crippen molar-refractivity contribution >= 4 is 33.0 Å². The fraction of sp³-hybridized carbons (Fsp3) is 0.333. The number of nitrogens with one attached hydrogen (secondary N) is 2. The Morgan fingerprint density at radius 2 is 1.68 bits per heavy atom. The van der Waals surface area contributed by atoms with Crippen LogP contribution in [-0.4, -0.2) is 30.7 Å². The molecule has 1 heterocycles. The molecule has 2 N–H and O–H groups in total. The van der Waals surface area contributed by atoms with Gasteiger partial charge < -0.3 is 15.4 Å². The topological polar surface area (TPSA) is 93.2 Å². The van der Waals surface area contributed by atoms with Gasteiger partial charge in [0.2, 0.25) is 5.95 Å². The maximum absolute atomic E-state index is 13.2. The van der Waals surface area contributed by atoms with E-state index in [1.165, 1.54) is 6.42 Å². The van der Waals surface area contributed by atoms with Gasteiger partial charge in [-0.1, -0.05) is 61.7 Å². The molecule has 1 aliphatic rings. The number of hydrogen-bond acceptors (Lipinski definition) is 7. The summed E-state index contributed by atoms with van der Waals surface area (Å²) >= 11 is 0. The standard InChI is InChI=1S/C33H38N4O3S/c1-22(2)41(38,39)31-18-12-11-17-28(31)35-32-27(25-15-9-6-10-16-25)21-34-33(37-32)36-29-19-23(3)26(20-30(29)40-4)24-13-7-5-8-14-24/h6,9-12,15-22,24H,5,7-8,13-14H2,1-4H3,(H2,34,35,36,37)/i4D3. The van der Waals surface area contributed by atoms with E-state index in [0.717, 1.165) is 42.4 Å². The van der Waals surface area contributed by atoms with Crippen LogP contribution in [-0.2, 0) is 9.84 Å². The van der Waals surface area contributed by atoms with Gasteiger partial charge in [-0.25, -0.2) is 13.4 Å². The minimum atomic E-state index is -3.60. The molecule has 1 fully saturated rings. The van der Waals surface area contributed by atoms with E-state index in [1.54, 1.807) is 44.3 Å². The zero-order chi connectivity index (χ0) is 31.5. The van der Waals surface area contributed by atoms with E-state index in [4.69, 9.17) is 13.8 Å². The third kappa shape index (κ3) is 6.22. The van der Waals surface area contributed by atoms with Gasteiger partial charge in [0.1, 0.15) is 11.6 Å². The molecule has 0 unspecified atom stereocenters. The number of ether oxygens (including phenoxy) is 1. The van der Waals surface area contributed by atoms with Crippen LogP contribution < -0.4 is 15.4 Å². The number of aromatic nitrogens is 2. The van der Waals surface area contributed by atoms with Gasteiger partial charge >= 0.3 is 0 Å². The molecule has 0 bridgehead atoms.